The van der Waals surface area contributed by atoms with Gasteiger partial charge in [0.25, 0.3) is 0 Å². The molecule has 5 nitrogen and oxygen atoms in total. The zero-order valence-electron chi connectivity index (χ0n) is 4.20. The van der Waals surface area contributed by atoms with E-state index in [4.69, 9.17) is 0 Å². The molecule has 0 saturated carbocycles. The van der Waals surface area contributed by atoms with E-state index in [9.17, 15) is 4.57 Å². The van der Waals surface area contributed by atoms with Crippen LogP contribution in [0.2, 0.25) is 0 Å². The lowest BCUT2D eigenvalue weighted by atomic mass is 10.9. The van der Waals surface area contributed by atoms with Gasteiger partial charge in [0, 0.05) is 0 Å². The van der Waals surface area contributed by atoms with Crippen LogP contribution >= 0.6 is 7.82 Å². The molecule has 0 aromatic rings. The first kappa shape index (κ1) is 6.19. The van der Waals surface area contributed by atoms with Crippen molar-refractivity contribution in [1.29, 1.82) is 0 Å². The molecule has 0 radical (unpaired) electrons. The molecule has 0 amide bonds. The van der Waals surface area contributed by atoms with E-state index >= 15 is 0 Å². The highest BCUT2D eigenvalue weighted by atomic mass is 31.2. The minimum absolute atomic E-state index is 0.278. The maximum absolute atomic E-state index is 10.5. The van der Waals surface area contributed by atoms with E-state index in [2.05, 4.69) is 18.9 Å². The Morgan fingerprint density at radius 1 is 1.62 bits per heavy atom. The standard InChI is InChI=1S/C2H5O5P/c1-2-4-8(3)6-5-7-8/h2H2,1H3. The highest BCUT2D eigenvalue weighted by Gasteiger charge is 2.39. The molecule has 1 rings (SSSR count). The first-order valence-electron chi connectivity index (χ1n) is 2.06. The summed E-state index contributed by atoms with van der Waals surface area (Å²) < 4.78 is 22.9. The molecule has 0 bridgehead atoms. The quantitative estimate of drug-likeness (QED) is 0.423. The van der Waals surface area contributed by atoms with Crippen LogP contribution in [0.15, 0.2) is 0 Å². The molecule has 8 heavy (non-hydrogen) atoms. The van der Waals surface area contributed by atoms with Crippen LogP contribution in [-0.2, 0) is 23.5 Å². The molecule has 0 atom stereocenters. The fourth-order valence-electron chi connectivity index (χ4n) is 0.281. The second-order valence-corrected chi connectivity index (χ2v) is 2.53. The Hall–Kier alpha value is 0.0700. The summed E-state index contributed by atoms with van der Waals surface area (Å²) in [6.45, 7) is 1.95. The number of phosphoric acid groups is 1. The fraction of sp³-hybridized carbons (Fsp3) is 1.00. The Kier molecular flexibility index (Phi) is 1.65. The molecule has 1 heterocycles. The van der Waals surface area contributed by atoms with Crippen LogP contribution in [-0.4, -0.2) is 6.61 Å². The second kappa shape index (κ2) is 2.13. The van der Waals surface area contributed by atoms with Crippen LogP contribution in [0.5, 0.6) is 0 Å². The lowest BCUT2D eigenvalue weighted by molar-refractivity contribution is -0.499. The van der Waals surface area contributed by atoms with Crippen molar-refractivity contribution in [3.8, 4) is 0 Å². The number of hydrogen-bond donors (Lipinski definition) is 0. The summed E-state index contributed by atoms with van der Waals surface area (Å²) in [4.78, 5) is 0. The highest BCUT2D eigenvalue weighted by molar-refractivity contribution is 7.48. The summed E-state index contributed by atoms with van der Waals surface area (Å²) in [6, 6.07) is 0. The summed E-state index contributed by atoms with van der Waals surface area (Å²) in [6.07, 6.45) is 0. The Balaban J connectivity index is 2.31. The molecule has 6 heteroatoms. The van der Waals surface area contributed by atoms with Crippen molar-refractivity contribution in [3.63, 3.8) is 0 Å². The predicted octanol–water partition coefficient (Wildman–Crippen LogP) is 1.02. The molecular formula is C2H5O5P. The van der Waals surface area contributed by atoms with Gasteiger partial charge in [0.2, 0.25) is 0 Å². The SMILES string of the molecule is CCOP1(=O)OOO1. The van der Waals surface area contributed by atoms with Gasteiger partial charge in [-0.2, -0.15) is 0 Å². The van der Waals surface area contributed by atoms with Gasteiger partial charge in [0.15, 0.2) is 0 Å². The summed E-state index contributed by atoms with van der Waals surface area (Å²) in [7, 11) is -3.22. The monoisotopic (exact) mass is 140 g/mol. The Bertz CT molecular complexity index is 114. The molecule has 1 aliphatic rings. The number of hydrogen-bond acceptors (Lipinski definition) is 5. The van der Waals surface area contributed by atoms with Gasteiger partial charge in [0.1, 0.15) is 0 Å². The molecule has 1 saturated heterocycles. The van der Waals surface area contributed by atoms with Gasteiger partial charge in [0.05, 0.1) is 6.61 Å². The molecule has 0 aromatic heterocycles. The summed E-state index contributed by atoms with van der Waals surface area (Å²) in [5.74, 6) is 0. The summed E-state index contributed by atoms with van der Waals surface area (Å²) in [5, 5.41) is 3.70. The maximum atomic E-state index is 10.5. The van der Waals surface area contributed by atoms with E-state index in [1.165, 1.54) is 0 Å². The molecule has 0 unspecified atom stereocenters. The van der Waals surface area contributed by atoms with Crippen molar-refractivity contribution in [1.82, 2.24) is 0 Å². The molecule has 1 aliphatic heterocycles. The molecular weight excluding hydrogens is 135 g/mol. The molecule has 1 fully saturated rings. The third kappa shape index (κ3) is 1.07. The smallest absolute Gasteiger partial charge is 0.284 e. The van der Waals surface area contributed by atoms with Gasteiger partial charge in [-0.15, -0.1) is 0 Å². The van der Waals surface area contributed by atoms with Crippen molar-refractivity contribution in [2.45, 2.75) is 6.92 Å². The van der Waals surface area contributed by atoms with Crippen LogP contribution in [0.4, 0.5) is 0 Å². The molecule has 48 valence electrons. The van der Waals surface area contributed by atoms with Crippen molar-refractivity contribution >= 4 is 7.82 Å². The summed E-state index contributed by atoms with van der Waals surface area (Å²) in [5.41, 5.74) is 0. The van der Waals surface area contributed by atoms with Crippen LogP contribution in [0, 0.1) is 0 Å². The van der Waals surface area contributed by atoms with Crippen molar-refractivity contribution in [3.05, 3.63) is 0 Å². The second-order valence-electron chi connectivity index (χ2n) is 1.08. The minimum atomic E-state index is -3.22. The van der Waals surface area contributed by atoms with Crippen molar-refractivity contribution in [2.75, 3.05) is 6.61 Å². The maximum Gasteiger partial charge on any atom is 0.533 e. The molecule has 0 aliphatic carbocycles. The van der Waals surface area contributed by atoms with Gasteiger partial charge in [-0.1, -0.05) is 9.35 Å². The van der Waals surface area contributed by atoms with Gasteiger partial charge in [-0.25, -0.2) is 4.57 Å². The van der Waals surface area contributed by atoms with Gasteiger partial charge < -0.3 is 0 Å². The van der Waals surface area contributed by atoms with E-state index < -0.39 is 7.82 Å². The zero-order valence-corrected chi connectivity index (χ0v) is 5.09. The molecule has 0 aromatic carbocycles. The average Bonchev–Trinajstić information content (AvgIpc) is 1.64. The van der Waals surface area contributed by atoms with E-state index in [0.717, 1.165) is 0 Å². The topological polar surface area (TPSA) is 54.0 Å². The third-order valence-electron chi connectivity index (χ3n) is 0.531. The lowest BCUT2D eigenvalue weighted by Crippen LogP contribution is -2.09. The predicted molar refractivity (Wildman–Crippen MR) is 22.5 cm³/mol. The van der Waals surface area contributed by atoms with Crippen LogP contribution < -0.4 is 0 Å². The van der Waals surface area contributed by atoms with Crippen LogP contribution in [0.25, 0.3) is 0 Å². The average molecular weight is 140 g/mol. The van der Waals surface area contributed by atoms with Crippen molar-refractivity contribution < 1.29 is 23.5 Å². The van der Waals surface area contributed by atoms with Crippen molar-refractivity contribution in [2.24, 2.45) is 0 Å². The Morgan fingerprint density at radius 3 is 2.38 bits per heavy atom. The fourth-order valence-corrected chi connectivity index (χ4v) is 0.844. The zero-order chi connectivity index (χ0) is 6.04. The first-order chi connectivity index (χ1) is 3.77. The number of rotatable bonds is 2. The van der Waals surface area contributed by atoms with E-state index in [1.54, 1.807) is 6.92 Å². The van der Waals surface area contributed by atoms with E-state index in [-0.39, 0.29) is 6.61 Å². The van der Waals surface area contributed by atoms with Gasteiger partial charge in [-0.05, 0) is 12.0 Å². The summed E-state index contributed by atoms with van der Waals surface area (Å²) >= 11 is 0. The first-order valence-corrected chi connectivity index (χ1v) is 3.52. The van der Waals surface area contributed by atoms with Crippen LogP contribution in [0.1, 0.15) is 6.92 Å². The van der Waals surface area contributed by atoms with E-state index in [0.29, 0.717) is 0 Å². The normalized spacial score (nSPS) is 24.6. The third-order valence-corrected chi connectivity index (χ3v) is 1.59. The van der Waals surface area contributed by atoms with Gasteiger partial charge >= 0.3 is 7.82 Å². The largest absolute Gasteiger partial charge is 0.533 e. The lowest BCUT2D eigenvalue weighted by Gasteiger charge is -2.19. The molecule has 0 spiro atoms. The minimum Gasteiger partial charge on any atom is -0.284 e. The van der Waals surface area contributed by atoms with Gasteiger partial charge in [-0.3, -0.25) is 4.52 Å². The highest BCUT2D eigenvalue weighted by Crippen LogP contribution is 2.57. The van der Waals surface area contributed by atoms with Crippen LogP contribution in [0.3, 0.4) is 0 Å². The van der Waals surface area contributed by atoms with E-state index in [1.807, 2.05) is 0 Å². The molecule has 0 N–H and O–H groups in total. The Labute approximate surface area is 46.0 Å². The Morgan fingerprint density at radius 2 is 2.25 bits per heavy atom.